The minimum Gasteiger partial charge on any atom is -0.397 e. The minimum atomic E-state index is 0.0881. The lowest BCUT2D eigenvalue weighted by Gasteiger charge is -2.22. The van der Waals surface area contributed by atoms with Crippen LogP contribution in [0.5, 0.6) is 0 Å². The molecule has 2 aromatic carbocycles. The smallest absolute Gasteiger partial charge is 0.0628 e. The zero-order valence-electron chi connectivity index (χ0n) is 11.8. The third-order valence-corrected chi connectivity index (χ3v) is 4.57. The molecule has 0 aliphatic heterocycles. The number of halogens is 2. The Bertz CT molecular complexity index is 635. The highest BCUT2D eigenvalue weighted by Gasteiger charge is 2.19. The first-order valence-corrected chi connectivity index (χ1v) is 7.94. The Balaban J connectivity index is 2.68. The summed E-state index contributed by atoms with van der Waals surface area (Å²) in [6.07, 6.45) is 0. The van der Waals surface area contributed by atoms with Crippen LogP contribution in [0, 0.1) is 0 Å². The third kappa shape index (κ3) is 2.86. The highest BCUT2D eigenvalue weighted by molar-refractivity contribution is 9.11. The van der Waals surface area contributed by atoms with E-state index in [-0.39, 0.29) is 5.41 Å². The second kappa shape index (κ2) is 5.41. The van der Waals surface area contributed by atoms with Crippen LogP contribution in [0.4, 0.5) is 11.4 Å². The van der Waals surface area contributed by atoms with E-state index in [4.69, 9.17) is 11.5 Å². The van der Waals surface area contributed by atoms with E-state index in [0.29, 0.717) is 11.4 Å². The van der Waals surface area contributed by atoms with Crippen molar-refractivity contribution in [3.8, 4) is 11.1 Å². The van der Waals surface area contributed by atoms with Crippen molar-refractivity contribution in [2.75, 3.05) is 11.5 Å². The fourth-order valence-electron chi connectivity index (χ4n) is 2.06. The van der Waals surface area contributed by atoms with Gasteiger partial charge in [0, 0.05) is 20.1 Å². The molecule has 0 bridgehead atoms. The van der Waals surface area contributed by atoms with Crippen LogP contribution in [0.15, 0.2) is 39.3 Å². The predicted octanol–water partition coefficient (Wildman–Crippen LogP) is 5.34. The zero-order chi connectivity index (χ0) is 15.1. The summed E-state index contributed by atoms with van der Waals surface area (Å²) >= 11 is 7.32. The predicted molar refractivity (Wildman–Crippen MR) is 94.8 cm³/mol. The number of nitrogens with two attached hydrogens (primary N) is 2. The standard InChI is InChI=1S/C16H18Br2N2/c1-16(2,3)9-7-11(17)14(12(18)8-9)10-5-4-6-13(19)15(10)20/h4-8H,19-20H2,1-3H3. The van der Waals surface area contributed by atoms with Crippen LogP contribution >= 0.6 is 31.9 Å². The van der Waals surface area contributed by atoms with Crippen molar-refractivity contribution in [1.82, 2.24) is 0 Å². The van der Waals surface area contributed by atoms with E-state index in [9.17, 15) is 0 Å². The fraction of sp³-hybridized carbons (Fsp3) is 0.250. The summed E-state index contributed by atoms with van der Waals surface area (Å²) in [5, 5.41) is 0. The molecule has 2 rings (SSSR count). The van der Waals surface area contributed by atoms with E-state index in [1.807, 2.05) is 18.2 Å². The Hall–Kier alpha value is -1.00. The molecule has 2 aromatic rings. The maximum atomic E-state index is 6.11. The molecular weight excluding hydrogens is 380 g/mol. The lowest BCUT2D eigenvalue weighted by molar-refractivity contribution is 0.589. The molecule has 0 spiro atoms. The van der Waals surface area contributed by atoms with Gasteiger partial charge in [-0.25, -0.2) is 0 Å². The first-order valence-electron chi connectivity index (χ1n) is 6.35. The average molecular weight is 398 g/mol. The first-order chi connectivity index (χ1) is 9.21. The first kappa shape index (κ1) is 15.4. The third-order valence-electron chi connectivity index (χ3n) is 3.32. The number of anilines is 2. The van der Waals surface area contributed by atoms with Gasteiger partial charge in [0.1, 0.15) is 0 Å². The van der Waals surface area contributed by atoms with Crippen molar-refractivity contribution >= 4 is 43.2 Å². The van der Waals surface area contributed by atoms with Gasteiger partial charge < -0.3 is 11.5 Å². The molecule has 106 valence electrons. The molecule has 0 heterocycles. The van der Waals surface area contributed by atoms with Gasteiger partial charge in [-0.15, -0.1) is 0 Å². The molecule has 0 unspecified atom stereocenters. The van der Waals surface area contributed by atoms with E-state index in [1.165, 1.54) is 5.56 Å². The van der Waals surface area contributed by atoms with Crippen molar-refractivity contribution in [1.29, 1.82) is 0 Å². The molecule has 0 aromatic heterocycles. The molecule has 0 aliphatic rings. The van der Waals surface area contributed by atoms with Crippen LogP contribution in [-0.4, -0.2) is 0 Å². The fourth-order valence-corrected chi connectivity index (χ4v) is 3.68. The van der Waals surface area contributed by atoms with Gasteiger partial charge in [-0.1, -0.05) is 64.8 Å². The number of rotatable bonds is 1. The Morgan fingerprint density at radius 3 is 2.00 bits per heavy atom. The highest BCUT2D eigenvalue weighted by atomic mass is 79.9. The van der Waals surface area contributed by atoms with Crippen LogP contribution in [0.25, 0.3) is 11.1 Å². The van der Waals surface area contributed by atoms with Crippen molar-refractivity contribution in [3.63, 3.8) is 0 Å². The van der Waals surface area contributed by atoms with E-state index in [0.717, 1.165) is 20.1 Å². The number of benzene rings is 2. The molecule has 0 fully saturated rings. The summed E-state index contributed by atoms with van der Waals surface area (Å²) in [6, 6.07) is 9.99. The van der Waals surface area contributed by atoms with E-state index in [1.54, 1.807) is 0 Å². The van der Waals surface area contributed by atoms with Gasteiger partial charge >= 0.3 is 0 Å². The maximum absolute atomic E-state index is 6.11. The summed E-state index contributed by atoms with van der Waals surface area (Å²) in [7, 11) is 0. The molecule has 0 saturated carbocycles. The van der Waals surface area contributed by atoms with Gasteiger partial charge in [0.05, 0.1) is 11.4 Å². The van der Waals surface area contributed by atoms with Crippen LogP contribution in [0.1, 0.15) is 26.3 Å². The molecule has 2 nitrogen and oxygen atoms in total. The van der Waals surface area contributed by atoms with Crippen molar-refractivity contribution in [3.05, 3.63) is 44.8 Å². The SMILES string of the molecule is CC(C)(C)c1cc(Br)c(-c2cccc(N)c2N)c(Br)c1. The van der Waals surface area contributed by atoms with Gasteiger partial charge in [0.15, 0.2) is 0 Å². The van der Waals surface area contributed by atoms with Crippen LogP contribution in [0.3, 0.4) is 0 Å². The average Bonchev–Trinajstić information content (AvgIpc) is 2.32. The summed E-state index contributed by atoms with van der Waals surface area (Å²) in [5.74, 6) is 0. The molecule has 0 radical (unpaired) electrons. The highest BCUT2D eigenvalue weighted by Crippen LogP contribution is 2.42. The van der Waals surface area contributed by atoms with Gasteiger partial charge in [-0.05, 0) is 29.2 Å². The van der Waals surface area contributed by atoms with E-state index in [2.05, 4.69) is 64.8 Å². The van der Waals surface area contributed by atoms with Gasteiger partial charge in [-0.3, -0.25) is 0 Å². The summed E-state index contributed by atoms with van der Waals surface area (Å²) < 4.78 is 2.02. The number of para-hydroxylation sites is 1. The Kier molecular flexibility index (Phi) is 4.17. The summed E-state index contributed by atoms with van der Waals surface area (Å²) in [4.78, 5) is 0. The monoisotopic (exact) mass is 396 g/mol. The normalized spacial score (nSPS) is 11.7. The van der Waals surface area contributed by atoms with Gasteiger partial charge in [0.2, 0.25) is 0 Å². The minimum absolute atomic E-state index is 0.0881. The van der Waals surface area contributed by atoms with E-state index >= 15 is 0 Å². The Morgan fingerprint density at radius 1 is 0.950 bits per heavy atom. The molecule has 0 atom stereocenters. The second-order valence-electron chi connectivity index (χ2n) is 5.87. The molecule has 20 heavy (non-hydrogen) atoms. The zero-order valence-corrected chi connectivity index (χ0v) is 15.0. The summed E-state index contributed by atoms with van der Waals surface area (Å²) in [6.45, 7) is 6.57. The Morgan fingerprint density at radius 2 is 1.50 bits per heavy atom. The Labute approximate surface area is 136 Å². The van der Waals surface area contributed by atoms with Crippen molar-refractivity contribution in [2.45, 2.75) is 26.2 Å². The van der Waals surface area contributed by atoms with Crippen LogP contribution in [-0.2, 0) is 5.41 Å². The number of nitrogen functional groups attached to an aromatic ring is 2. The molecule has 4 heteroatoms. The molecule has 0 saturated heterocycles. The lowest BCUT2D eigenvalue weighted by Crippen LogP contribution is -2.11. The quantitative estimate of drug-likeness (QED) is 0.638. The molecule has 4 N–H and O–H groups in total. The van der Waals surface area contributed by atoms with Crippen molar-refractivity contribution in [2.24, 2.45) is 0 Å². The van der Waals surface area contributed by atoms with Gasteiger partial charge in [-0.2, -0.15) is 0 Å². The second-order valence-corrected chi connectivity index (χ2v) is 7.58. The molecule has 0 amide bonds. The largest absolute Gasteiger partial charge is 0.397 e. The number of hydrogen-bond acceptors (Lipinski definition) is 2. The molecular formula is C16H18Br2N2. The van der Waals surface area contributed by atoms with Gasteiger partial charge in [0.25, 0.3) is 0 Å². The lowest BCUT2D eigenvalue weighted by atomic mass is 9.86. The number of hydrogen-bond donors (Lipinski definition) is 2. The maximum Gasteiger partial charge on any atom is 0.0628 e. The summed E-state index contributed by atoms with van der Waals surface area (Å²) in [5.41, 5.74) is 16.5. The van der Waals surface area contributed by atoms with Crippen LogP contribution < -0.4 is 11.5 Å². The van der Waals surface area contributed by atoms with Crippen molar-refractivity contribution < 1.29 is 0 Å². The van der Waals surface area contributed by atoms with Crippen LogP contribution in [0.2, 0.25) is 0 Å². The van der Waals surface area contributed by atoms with E-state index < -0.39 is 0 Å². The molecule has 0 aliphatic carbocycles. The topological polar surface area (TPSA) is 52.0 Å².